The third-order valence-electron chi connectivity index (χ3n) is 2.45. The monoisotopic (exact) mass is 149 g/mol. The second kappa shape index (κ2) is 2.37. The maximum Gasteiger partial charge on any atom is 0.0728 e. The van der Waals surface area contributed by atoms with Gasteiger partial charge in [0.05, 0.1) is 11.5 Å². The van der Waals surface area contributed by atoms with Crippen molar-refractivity contribution >= 4 is 0 Å². The number of nitriles is 1. The molecular formula is C10H15N. The van der Waals surface area contributed by atoms with Gasteiger partial charge in [0.1, 0.15) is 0 Å². The van der Waals surface area contributed by atoms with Crippen LogP contribution >= 0.6 is 0 Å². The van der Waals surface area contributed by atoms with E-state index < -0.39 is 0 Å². The topological polar surface area (TPSA) is 23.8 Å². The lowest BCUT2D eigenvalue weighted by molar-refractivity contribution is 0.330. The van der Waals surface area contributed by atoms with E-state index in [-0.39, 0.29) is 5.41 Å². The highest BCUT2D eigenvalue weighted by molar-refractivity contribution is 5.16. The van der Waals surface area contributed by atoms with Gasteiger partial charge in [-0.3, -0.25) is 0 Å². The SMILES string of the molecule is CC1(C)C=CC(C)(C#N)CC1. The van der Waals surface area contributed by atoms with Gasteiger partial charge in [-0.05, 0) is 25.2 Å². The Bertz CT molecular complexity index is 220. The van der Waals surface area contributed by atoms with Crippen molar-refractivity contribution in [2.24, 2.45) is 10.8 Å². The van der Waals surface area contributed by atoms with Crippen molar-refractivity contribution in [2.45, 2.75) is 33.6 Å². The van der Waals surface area contributed by atoms with Crippen LogP contribution in [0.1, 0.15) is 33.6 Å². The minimum Gasteiger partial charge on any atom is -0.197 e. The van der Waals surface area contributed by atoms with E-state index in [1.165, 1.54) is 0 Å². The van der Waals surface area contributed by atoms with E-state index >= 15 is 0 Å². The molecule has 0 aromatic rings. The maximum atomic E-state index is 8.82. The first-order chi connectivity index (χ1) is 4.97. The number of nitrogens with zero attached hydrogens (tertiary/aromatic N) is 1. The average molecular weight is 149 g/mol. The minimum absolute atomic E-state index is 0.199. The Labute approximate surface area is 68.7 Å². The summed E-state index contributed by atoms with van der Waals surface area (Å²) in [5.41, 5.74) is 0.103. The van der Waals surface area contributed by atoms with Gasteiger partial charge in [-0.2, -0.15) is 5.26 Å². The van der Waals surface area contributed by atoms with Crippen molar-refractivity contribution < 1.29 is 0 Å². The predicted octanol–water partition coefficient (Wildman–Crippen LogP) is 2.89. The van der Waals surface area contributed by atoms with Crippen molar-refractivity contribution in [1.29, 1.82) is 5.26 Å². The van der Waals surface area contributed by atoms with Crippen molar-refractivity contribution in [3.8, 4) is 6.07 Å². The quantitative estimate of drug-likeness (QED) is 0.486. The highest BCUT2D eigenvalue weighted by Gasteiger charge is 2.29. The molecule has 0 aromatic heterocycles. The molecule has 0 aliphatic heterocycles. The predicted molar refractivity (Wildman–Crippen MR) is 45.9 cm³/mol. The summed E-state index contributed by atoms with van der Waals surface area (Å²) in [6.45, 7) is 6.42. The number of hydrogen-bond donors (Lipinski definition) is 0. The first-order valence-corrected chi connectivity index (χ1v) is 4.09. The fraction of sp³-hybridized carbons (Fsp3) is 0.700. The van der Waals surface area contributed by atoms with Gasteiger partial charge in [0, 0.05) is 0 Å². The van der Waals surface area contributed by atoms with Crippen LogP contribution in [0.15, 0.2) is 12.2 Å². The molecule has 1 unspecified atom stereocenters. The summed E-state index contributed by atoms with van der Waals surface area (Å²) < 4.78 is 0. The molecule has 0 aromatic carbocycles. The number of rotatable bonds is 0. The van der Waals surface area contributed by atoms with Gasteiger partial charge in [0.25, 0.3) is 0 Å². The largest absolute Gasteiger partial charge is 0.197 e. The lowest BCUT2D eigenvalue weighted by Crippen LogP contribution is -2.21. The second-order valence-corrected chi connectivity index (χ2v) is 4.35. The molecule has 0 radical (unpaired) electrons. The van der Waals surface area contributed by atoms with Crippen LogP contribution in [-0.2, 0) is 0 Å². The first kappa shape index (κ1) is 8.33. The van der Waals surface area contributed by atoms with E-state index in [1.54, 1.807) is 0 Å². The normalized spacial score (nSPS) is 34.7. The molecule has 1 aliphatic rings. The van der Waals surface area contributed by atoms with Crippen LogP contribution in [0.4, 0.5) is 0 Å². The minimum atomic E-state index is -0.199. The Morgan fingerprint density at radius 1 is 1.18 bits per heavy atom. The molecule has 11 heavy (non-hydrogen) atoms. The van der Waals surface area contributed by atoms with Crippen molar-refractivity contribution in [1.82, 2.24) is 0 Å². The molecule has 0 amide bonds. The Morgan fingerprint density at radius 3 is 2.18 bits per heavy atom. The summed E-state index contributed by atoms with van der Waals surface area (Å²) in [7, 11) is 0. The third-order valence-corrected chi connectivity index (χ3v) is 2.45. The number of hydrogen-bond acceptors (Lipinski definition) is 1. The highest BCUT2D eigenvalue weighted by Crippen LogP contribution is 2.38. The van der Waals surface area contributed by atoms with Gasteiger partial charge in [-0.1, -0.05) is 26.0 Å². The molecule has 0 bridgehead atoms. The second-order valence-electron chi connectivity index (χ2n) is 4.35. The van der Waals surface area contributed by atoms with E-state index in [0.717, 1.165) is 12.8 Å². The molecule has 1 rings (SSSR count). The van der Waals surface area contributed by atoms with Crippen LogP contribution in [0.5, 0.6) is 0 Å². The van der Waals surface area contributed by atoms with Crippen molar-refractivity contribution in [2.75, 3.05) is 0 Å². The summed E-state index contributed by atoms with van der Waals surface area (Å²) in [6.07, 6.45) is 6.33. The molecular weight excluding hydrogens is 134 g/mol. The average Bonchev–Trinajstić information content (AvgIpc) is 1.97. The zero-order valence-electron chi connectivity index (χ0n) is 7.52. The molecule has 0 saturated carbocycles. The van der Waals surface area contributed by atoms with Crippen LogP contribution in [0.3, 0.4) is 0 Å². The molecule has 1 atom stereocenters. The fourth-order valence-corrected chi connectivity index (χ4v) is 1.25. The van der Waals surface area contributed by atoms with Crippen LogP contribution in [-0.4, -0.2) is 0 Å². The molecule has 0 fully saturated rings. The van der Waals surface area contributed by atoms with Crippen LogP contribution in [0.25, 0.3) is 0 Å². The van der Waals surface area contributed by atoms with Crippen LogP contribution in [0, 0.1) is 22.2 Å². The summed E-state index contributed by atoms with van der Waals surface area (Å²) in [5.74, 6) is 0. The zero-order valence-corrected chi connectivity index (χ0v) is 7.52. The van der Waals surface area contributed by atoms with Gasteiger partial charge in [0.15, 0.2) is 0 Å². The van der Waals surface area contributed by atoms with Crippen LogP contribution < -0.4 is 0 Å². The standard InChI is InChI=1S/C10H15N/c1-9(2)4-6-10(3,8-11)7-5-9/h4,6H,5,7H2,1-3H3. The van der Waals surface area contributed by atoms with Gasteiger partial charge in [-0.15, -0.1) is 0 Å². The van der Waals surface area contributed by atoms with Gasteiger partial charge in [0.2, 0.25) is 0 Å². The molecule has 0 spiro atoms. The zero-order chi connectivity index (χ0) is 8.54. The Kier molecular flexibility index (Phi) is 1.80. The molecule has 0 saturated heterocycles. The Balaban J connectivity index is 2.80. The summed E-state index contributed by atoms with van der Waals surface area (Å²) in [4.78, 5) is 0. The van der Waals surface area contributed by atoms with Crippen molar-refractivity contribution in [3.05, 3.63) is 12.2 Å². The molecule has 1 nitrogen and oxygen atoms in total. The Hall–Kier alpha value is -0.770. The smallest absolute Gasteiger partial charge is 0.0728 e. The number of allylic oxidation sites excluding steroid dienone is 2. The van der Waals surface area contributed by atoms with E-state index in [0.29, 0.717) is 5.41 Å². The van der Waals surface area contributed by atoms with E-state index in [2.05, 4.69) is 32.1 Å². The van der Waals surface area contributed by atoms with Crippen LogP contribution in [0.2, 0.25) is 0 Å². The molecule has 1 aliphatic carbocycles. The highest BCUT2D eigenvalue weighted by atomic mass is 14.4. The molecule has 1 heteroatoms. The summed E-state index contributed by atoms with van der Waals surface area (Å²) >= 11 is 0. The molecule has 0 N–H and O–H groups in total. The fourth-order valence-electron chi connectivity index (χ4n) is 1.25. The first-order valence-electron chi connectivity index (χ1n) is 4.09. The van der Waals surface area contributed by atoms with Gasteiger partial charge in [-0.25, -0.2) is 0 Å². The lowest BCUT2D eigenvalue weighted by atomic mass is 9.72. The summed E-state index contributed by atoms with van der Waals surface area (Å²) in [6, 6.07) is 2.33. The Morgan fingerprint density at radius 2 is 1.82 bits per heavy atom. The van der Waals surface area contributed by atoms with E-state index in [4.69, 9.17) is 5.26 Å². The molecule has 60 valence electrons. The molecule has 0 heterocycles. The van der Waals surface area contributed by atoms with E-state index in [9.17, 15) is 0 Å². The summed E-state index contributed by atoms with van der Waals surface area (Å²) in [5, 5.41) is 8.82. The lowest BCUT2D eigenvalue weighted by Gasteiger charge is -2.31. The van der Waals surface area contributed by atoms with Gasteiger partial charge < -0.3 is 0 Å². The maximum absolute atomic E-state index is 8.82. The van der Waals surface area contributed by atoms with Gasteiger partial charge >= 0.3 is 0 Å². The third kappa shape index (κ3) is 1.83. The van der Waals surface area contributed by atoms with Crippen molar-refractivity contribution in [3.63, 3.8) is 0 Å². The van der Waals surface area contributed by atoms with E-state index in [1.807, 2.05) is 6.92 Å².